The zero-order valence-electron chi connectivity index (χ0n) is 19.0. The minimum atomic E-state index is -4.76. The lowest BCUT2D eigenvalue weighted by Crippen LogP contribution is -2.45. The van der Waals surface area contributed by atoms with Gasteiger partial charge in [0.05, 0.1) is 12.1 Å². The van der Waals surface area contributed by atoms with Crippen molar-refractivity contribution >= 4 is 0 Å². The Hall–Kier alpha value is -3.20. The Balaban J connectivity index is 1.47. The van der Waals surface area contributed by atoms with E-state index in [1.165, 1.54) is 5.56 Å². The number of benzene rings is 2. The Morgan fingerprint density at radius 3 is 2.31 bits per heavy atom. The first kappa shape index (κ1) is 23.5. The maximum absolute atomic E-state index is 14.5. The number of hydrogen-bond acceptors (Lipinski definition) is 3. The quantitative estimate of drug-likeness (QED) is 0.561. The third-order valence-corrected chi connectivity index (χ3v) is 7.48. The third kappa shape index (κ3) is 4.33. The smallest absolute Gasteiger partial charge is 0.299 e. The van der Waals surface area contributed by atoms with E-state index in [0.717, 1.165) is 42.4 Å². The van der Waals surface area contributed by atoms with Gasteiger partial charge in [-0.2, -0.15) is 13.2 Å². The van der Waals surface area contributed by atoms with Crippen LogP contribution in [0.15, 0.2) is 58.1 Å². The molecule has 1 spiro atoms. The van der Waals surface area contributed by atoms with E-state index >= 15 is 0 Å². The van der Waals surface area contributed by atoms with Gasteiger partial charge < -0.3 is 0 Å². The van der Waals surface area contributed by atoms with Gasteiger partial charge in [-0.25, -0.2) is 9.18 Å². The Morgan fingerprint density at radius 1 is 0.914 bits per heavy atom. The van der Waals surface area contributed by atoms with Gasteiger partial charge in [-0.3, -0.25) is 19.2 Å². The molecule has 0 saturated carbocycles. The minimum Gasteiger partial charge on any atom is -0.299 e. The van der Waals surface area contributed by atoms with Crippen LogP contribution in [0.25, 0.3) is 0 Å². The van der Waals surface area contributed by atoms with Crippen molar-refractivity contribution in [2.75, 3.05) is 13.1 Å². The van der Waals surface area contributed by atoms with Crippen molar-refractivity contribution < 1.29 is 17.6 Å². The number of nitrogens with one attached hydrogen (secondary N) is 1. The second-order valence-electron chi connectivity index (χ2n) is 9.47. The summed E-state index contributed by atoms with van der Waals surface area (Å²) in [5, 5.41) is 0. The number of fused-ring (bicyclic) bond motifs is 2. The van der Waals surface area contributed by atoms with Gasteiger partial charge in [0.2, 0.25) is 0 Å². The maximum Gasteiger partial charge on any atom is 0.416 e. The molecule has 2 heterocycles. The first-order valence-electron chi connectivity index (χ1n) is 11.7. The highest BCUT2D eigenvalue weighted by atomic mass is 19.4. The SMILES string of the molecule is O=c1[nH]c(=O)n(Cc2c(F)cccc2C(F)(F)F)c2c1C1(CC2)CCN(Cc2ccccc2)CC1. The lowest BCUT2D eigenvalue weighted by molar-refractivity contribution is -0.138. The summed E-state index contributed by atoms with van der Waals surface area (Å²) >= 11 is 0. The van der Waals surface area contributed by atoms with Gasteiger partial charge in [-0.05, 0) is 56.5 Å². The lowest BCUT2D eigenvalue weighted by Gasteiger charge is -2.39. The molecule has 1 saturated heterocycles. The van der Waals surface area contributed by atoms with E-state index in [1.807, 2.05) is 18.2 Å². The Kier molecular flexibility index (Phi) is 5.91. The maximum atomic E-state index is 14.5. The number of piperidine rings is 1. The summed E-state index contributed by atoms with van der Waals surface area (Å²) in [5.41, 5.74) is -1.36. The van der Waals surface area contributed by atoms with Crippen LogP contribution in [0.4, 0.5) is 17.6 Å². The second kappa shape index (κ2) is 8.78. The monoisotopic (exact) mass is 487 g/mol. The number of aromatic nitrogens is 2. The molecule has 0 atom stereocenters. The number of H-pyrrole nitrogens is 1. The van der Waals surface area contributed by atoms with Crippen molar-refractivity contribution in [1.82, 2.24) is 14.5 Å². The summed E-state index contributed by atoms with van der Waals surface area (Å²) in [4.78, 5) is 30.2. The van der Waals surface area contributed by atoms with Gasteiger partial charge >= 0.3 is 11.9 Å². The van der Waals surface area contributed by atoms with E-state index in [-0.39, 0.29) is 0 Å². The third-order valence-electron chi connectivity index (χ3n) is 7.48. The predicted molar refractivity (Wildman–Crippen MR) is 123 cm³/mol. The minimum absolute atomic E-state index is 0.392. The molecule has 1 aliphatic carbocycles. The predicted octanol–water partition coefficient (Wildman–Crippen LogP) is 4.22. The zero-order valence-corrected chi connectivity index (χ0v) is 19.0. The van der Waals surface area contributed by atoms with Crippen molar-refractivity contribution in [3.63, 3.8) is 0 Å². The van der Waals surface area contributed by atoms with Crippen molar-refractivity contribution in [2.45, 2.75) is 50.4 Å². The van der Waals surface area contributed by atoms with Crippen LogP contribution in [0.1, 0.15) is 47.2 Å². The molecule has 1 aliphatic heterocycles. The highest BCUT2D eigenvalue weighted by Crippen LogP contribution is 2.44. The fraction of sp³-hybridized carbons (Fsp3) is 0.385. The highest BCUT2D eigenvalue weighted by molar-refractivity contribution is 5.37. The molecule has 0 unspecified atom stereocenters. The number of rotatable bonds is 4. The van der Waals surface area contributed by atoms with Crippen LogP contribution in [0.3, 0.4) is 0 Å². The zero-order chi connectivity index (χ0) is 24.8. The highest BCUT2D eigenvalue weighted by Gasteiger charge is 2.45. The largest absolute Gasteiger partial charge is 0.416 e. The molecule has 35 heavy (non-hydrogen) atoms. The van der Waals surface area contributed by atoms with E-state index in [0.29, 0.717) is 36.9 Å². The molecule has 3 aromatic rings. The molecule has 9 heteroatoms. The summed E-state index contributed by atoms with van der Waals surface area (Å²) in [5.74, 6) is -1.03. The molecule has 0 radical (unpaired) electrons. The van der Waals surface area contributed by atoms with Gasteiger partial charge in [0.1, 0.15) is 5.82 Å². The molecule has 0 amide bonds. The van der Waals surface area contributed by atoms with Crippen LogP contribution < -0.4 is 11.2 Å². The number of likely N-dealkylation sites (tertiary alicyclic amines) is 1. The van der Waals surface area contributed by atoms with Crippen molar-refractivity contribution in [3.05, 3.63) is 103 Å². The fourth-order valence-electron chi connectivity index (χ4n) is 5.70. The molecule has 184 valence electrons. The van der Waals surface area contributed by atoms with Crippen LogP contribution >= 0.6 is 0 Å². The van der Waals surface area contributed by atoms with Crippen LogP contribution in [0, 0.1) is 5.82 Å². The van der Waals surface area contributed by atoms with Crippen molar-refractivity contribution in [1.29, 1.82) is 0 Å². The summed E-state index contributed by atoms with van der Waals surface area (Å²) in [6.45, 7) is 1.74. The van der Waals surface area contributed by atoms with Crippen molar-refractivity contribution in [2.24, 2.45) is 0 Å². The molecule has 2 aliphatic rings. The first-order chi connectivity index (χ1) is 16.7. The standard InChI is InChI=1S/C26H25F4N3O2/c27-20-8-4-7-19(26(28,29)30)18(20)16-33-21-9-10-25(22(21)23(34)31-24(33)35)11-13-32(14-12-25)15-17-5-2-1-3-6-17/h1-8H,9-16H2,(H,31,34,35). The molecular weight excluding hydrogens is 462 g/mol. The van der Waals surface area contributed by atoms with Gasteiger partial charge in [-0.1, -0.05) is 36.4 Å². The van der Waals surface area contributed by atoms with E-state index in [4.69, 9.17) is 0 Å². The van der Waals surface area contributed by atoms with E-state index in [2.05, 4.69) is 22.0 Å². The summed E-state index contributed by atoms with van der Waals surface area (Å²) in [6, 6.07) is 12.8. The number of halogens is 4. The summed E-state index contributed by atoms with van der Waals surface area (Å²) in [6.07, 6.45) is -2.32. The fourth-order valence-corrected chi connectivity index (χ4v) is 5.70. The summed E-state index contributed by atoms with van der Waals surface area (Å²) < 4.78 is 56.2. The Labute approximate surface area is 199 Å². The van der Waals surface area contributed by atoms with E-state index < -0.39 is 46.3 Å². The van der Waals surface area contributed by atoms with Crippen LogP contribution in [-0.4, -0.2) is 27.5 Å². The topological polar surface area (TPSA) is 58.1 Å². The van der Waals surface area contributed by atoms with Gasteiger partial charge in [0.15, 0.2) is 0 Å². The molecule has 2 aromatic carbocycles. The van der Waals surface area contributed by atoms with Crippen LogP contribution in [-0.2, 0) is 31.1 Å². The normalized spacial score (nSPS) is 17.6. The lowest BCUT2D eigenvalue weighted by atomic mass is 9.74. The van der Waals surface area contributed by atoms with Gasteiger partial charge in [0.25, 0.3) is 5.56 Å². The number of nitrogens with zero attached hydrogens (tertiary/aromatic N) is 2. The van der Waals surface area contributed by atoms with Crippen LogP contribution in [0.2, 0.25) is 0 Å². The number of hydrogen-bond donors (Lipinski definition) is 1. The van der Waals surface area contributed by atoms with Gasteiger partial charge in [0, 0.05) is 28.8 Å². The second-order valence-corrected chi connectivity index (χ2v) is 9.47. The van der Waals surface area contributed by atoms with Crippen molar-refractivity contribution in [3.8, 4) is 0 Å². The first-order valence-corrected chi connectivity index (χ1v) is 11.7. The molecule has 5 nitrogen and oxygen atoms in total. The molecule has 5 rings (SSSR count). The molecule has 1 fully saturated rings. The molecule has 0 bridgehead atoms. The van der Waals surface area contributed by atoms with E-state index in [9.17, 15) is 27.2 Å². The Bertz CT molecular complexity index is 1350. The number of alkyl halides is 3. The van der Waals surface area contributed by atoms with Gasteiger partial charge in [-0.15, -0.1) is 0 Å². The van der Waals surface area contributed by atoms with E-state index in [1.54, 1.807) is 0 Å². The number of aromatic amines is 1. The Morgan fingerprint density at radius 2 is 1.63 bits per heavy atom. The molecule has 1 N–H and O–H groups in total. The average Bonchev–Trinajstić information content (AvgIpc) is 3.18. The average molecular weight is 487 g/mol. The van der Waals surface area contributed by atoms with Crippen LogP contribution in [0.5, 0.6) is 0 Å². The molecular formula is C26H25F4N3O2. The summed E-state index contributed by atoms with van der Waals surface area (Å²) in [7, 11) is 0. The molecule has 1 aromatic heterocycles.